The minimum absolute atomic E-state index is 0.0644. The Labute approximate surface area is 256 Å². The lowest BCUT2D eigenvalue weighted by Gasteiger charge is -2.36. The number of piperidine rings is 2. The van der Waals surface area contributed by atoms with Crippen molar-refractivity contribution >= 4 is 22.7 Å². The van der Waals surface area contributed by atoms with Crippen LogP contribution in [0.3, 0.4) is 0 Å². The standard InChI is InChI=1S/C33H41F3N4O4/c1-38(2)32(42)24-6-5-13-39(19-24)20-30(41)40-14-11-21(12-15-40)22-7-9-27-25(16-22)26(18-33(34,35)36)31(37-27)23-8-10-28(43-3)29(17-23)44-4/h7-10,16-17,21,24,37H,5-6,11-15,18-20H2,1-4H3. The first-order valence-corrected chi connectivity index (χ1v) is 15.1. The minimum atomic E-state index is -4.39. The number of hydrogen-bond donors (Lipinski definition) is 1. The molecule has 3 heterocycles. The van der Waals surface area contributed by atoms with Crippen molar-refractivity contribution in [3.05, 3.63) is 47.5 Å². The van der Waals surface area contributed by atoms with Gasteiger partial charge in [0.15, 0.2) is 11.5 Å². The van der Waals surface area contributed by atoms with E-state index in [1.165, 1.54) is 14.2 Å². The third kappa shape index (κ3) is 6.98. The molecule has 1 N–H and O–H groups in total. The van der Waals surface area contributed by atoms with Crippen LogP contribution in [-0.4, -0.2) is 98.7 Å². The lowest BCUT2D eigenvalue weighted by Crippen LogP contribution is -2.48. The second kappa shape index (κ2) is 13.1. The van der Waals surface area contributed by atoms with Gasteiger partial charge < -0.3 is 24.3 Å². The number of carbonyl (C=O) groups is 2. The SMILES string of the molecule is COc1ccc(-c2[nH]c3ccc(C4CCN(C(=O)CN5CCCC(C(=O)N(C)C)C5)CC4)cc3c2CC(F)(F)F)cc1OC. The molecule has 2 aliphatic rings. The maximum Gasteiger partial charge on any atom is 0.393 e. The number of carbonyl (C=O) groups excluding carboxylic acids is 2. The fourth-order valence-corrected chi connectivity index (χ4v) is 6.66. The molecule has 44 heavy (non-hydrogen) atoms. The number of halogens is 3. The topological polar surface area (TPSA) is 78.1 Å². The van der Waals surface area contributed by atoms with Crippen LogP contribution < -0.4 is 9.47 Å². The second-order valence-electron chi connectivity index (χ2n) is 12.1. The Morgan fingerprint density at radius 1 is 0.977 bits per heavy atom. The molecule has 2 amide bonds. The summed E-state index contributed by atoms with van der Waals surface area (Å²) >= 11 is 0. The Kier molecular flexibility index (Phi) is 9.43. The normalized spacial score (nSPS) is 18.4. The molecule has 2 aromatic carbocycles. The number of alkyl halides is 3. The molecule has 0 spiro atoms. The Bertz CT molecular complexity index is 1490. The Morgan fingerprint density at radius 3 is 2.36 bits per heavy atom. The van der Waals surface area contributed by atoms with Crippen LogP contribution >= 0.6 is 0 Å². The summed E-state index contributed by atoms with van der Waals surface area (Å²) in [6, 6.07) is 10.8. The number of aromatic amines is 1. The number of ether oxygens (including phenoxy) is 2. The van der Waals surface area contributed by atoms with Gasteiger partial charge in [-0.3, -0.25) is 14.5 Å². The van der Waals surface area contributed by atoms with Crippen LogP contribution in [0.5, 0.6) is 11.5 Å². The van der Waals surface area contributed by atoms with Gasteiger partial charge in [-0.2, -0.15) is 13.2 Å². The molecular formula is C33H41F3N4O4. The minimum Gasteiger partial charge on any atom is -0.493 e. The van der Waals surface area contributed by atoms with Crippen molar-refractivity contribution in [3.63, 3.8) is 0 Å². The van der Waals surface area contributed by atoms with E-state index in [1.54, 1.807) is 37.2 Å². The highest BCUT2D eigenvalue weighted by Gasteiger charge is 2.33. The molecule has 1 unspecified atom stereocenters. The summed E-state index contributed by atoms with van der Waals surface area (Å²) in [6.07, 6.45) is -2.24. The average molecular weight is 615 g/mol. The number of benzene rings is 2. The average Bonchev–Trinajstić information content (AvgIpc) is 3.36. The van der Waals surface area contributed by atoms with Crippen molar-refractivity contribution in [2.75, 3.05) is 61.0 Å². The molecular weight excluding hydrogens is 573 g/mol. The van der Waals surface area contributed by atoms with Gasteiger partial charge in [-0.15, -0.1) is 0 Å². The molecule has 2 aliphatic heterocycles. The van der Waals surface area contributed by atoms with E-state index in [-0.39, 0.29) is 29.2 Å². The molecule has 2 fully saturated rings. The molecule has 11 heteroatoms. The zero-order valence-electron chi connectivity index (χ0n) is 25.8. The van der Waals surface area contributed by atoms with Crippen LogP contribution in [-0.2, 0) is 16.0 Å². The lowest BCUT2D eigenvalue weighted by molar-refractivity contribution is -0.138. The van der Waals surface area contributed by atoms with Gasteiger partial charge in [-0.05, 0) is 79.6 Å². The molecule has 2 saturated heterocycles. The van der Waals surface area contributed by atoms with E-state index in [0.717, 1.165) is 37.8 Å². The van der Waals surface area contributed by atoms with Crippen LogP contribution in [0.25, 0.3) is 22.2 Å². The number of methoxy groups -OCH3 is 2. The molecule has 0 bridgehead atoms. The fraction of sp³-hybridized carbons (Fsp3) is 0.515. The zero-order valence-corrected chi connectivity index (χ0v) is 25.8. The monoisotopic (exact) mass is 614 g/mol. The van der Waals surface area contributed by atoms with Crippen LogP contribution in [0.15, 0.2) is 36.4 Å². The molecule has 0 radical (unpaired) electrons. The first-order chi connectivity index (χ1) is 21.0. The molecule has 8 nitrogen and oxygen atoms in total. The van der Waals surface area contributed by atoms with Gasteiger partial charge >= 0.3 is 6.18 Å². The largest absolute Gasteiger partial charge is 0.493 e. The number of likely N-dealkylation sites (tertiary alicyclic amines) is 2. The maximum absolute atomic E-state index is 13.8. The summed E-state index contributed by atoms with van der Waals surface area (Å²) in [4.78, 5) is 34.4. The predicted octanol–water partition coefficient (Wildman–Crippen LogP) is 5.46. The smallest absolute Gasteiger partial charge is 0.393 e. The van der Waals surface area contributed by atoms with Crippen LogP contribution in [0.4, 0.5) is 13.2 Å². The van der Waals surface area contributed by atoms with E-state index >= 15 is 0 Å². The highest BCUT2D eigenvalue weighted by molar-refractivity contribution is 5.92. The van der Waals surface area contributed by atoms with Crippen LogP contribution in [0.2, 0.25) is 0 Å². The second-order valence-corrected chi connectivity index (χ2v) is 12.1. The summed E-state index contributed by atoms with van der Waals surface area (Å²) in [7, 11) is 6.53. The van der Waals surface area contributed by atoms with E-state index in [0.29, 0.717) is 59.8 Å². The quantitative estimate of drug-likeness (QED) is 0.365. The third-order valence-corrected chi connectivity index (χ3v) is 8.95. The number of nitrogens with one attached hydrogen (secondary N) is 1. The summed E-state index contributed by atoms with van der Waals surface area (Å²) in [5.74, 6) is 1.17. The molecule has 3 aromatic rings. The van der Waals surface area contributed by atoms with Gasteiger partial charge in [0.05, 0.1) is 38.8 Å². The number of hydrogen-bond acceptors (Lipinski definition) is 5. The summed E-state index contributed by atoms with van der Waals surface area (Å²) < 4.78 is 52.2. The van der Waals surface area contributed by atoms with Crippen molar-refractivity contribution in [1.82, 2.24) is 19.7 Å². The van der Waals surface area contributed by atoms with Gasteiger partial charge in [0.25, 0.3) is 0 Å². The Hall–Kier alpha value is -3.73. The van der Waals surface area contributed by atoms with E-state index < -0.39 is 12.6 Å². The van der Waals surface area contributed by atoms with Crippen molar-refractivity contribution in [1.29, 1.82) is 0 Å². The Morgan fingerprint density at radius 2 is 1.70 bits per heavy atom. The lowest BCUT2D eigenvalue weighted by atomic mass is 9.88. The summed E-state index contributed by atoms with van der Waals surface area (Å²) in [6.45, 7) is 2.89. The van der Waals surface area contributed by atoms with Gasteiger partial charge in [0.2, 0.25) is 11.8 Å². The first kappa shape index (κ1) is 31.7. The zero-order chi connectivity index (χ0) is 31.6. The summed E-state index contributed by atoms with van der Waals surface area (Å²) in [5.41, 5.74) is 2.80. The molecule has 1 aromatic heterocycles. The van der Waals surface area contributed by atoms with Crippen molar-refractivity contribution in [3.8, 4) is 22.8 Å². The first-order valence-electron chi connectivity index (χ1n) is 15.1. The van der Waals surface area contributed by atoms with E-state index in [4.69, 9.17) is 9.47 Å². The molecule has 238 valence electrons. The molecule has 0 saturated carbocycles. The highest BCUT2D eigenvalue weighted by Crippen LogP contribution is 2.40. The van der Waals surface area contributed by atoms with Gasteiger partial charge in [0, 0.05) is 50.2 Å². The maximum atomic E-state index is 13.8. The van der Waals surface area contributed by atoms with E-state index in [2.05, 4.69) is 9.88 Å². The van der Waals surface area contributed by atoms with E-state index in [9.17, 15) is 22.8 Å². The predicted molar refractivity (Wildman–Crippen MR) is 163 cm³/mol. The van der Waals surface area contributed by atoms with Crippen molar-refractivity contribution in [2.45, 2.75) is 44.2 Å². The van der Waals surface area contributed by atoms with Crippen LogP contribution in [0.1, 0.15) is 42.7 Å². The van der Waals surface area contributed by atoms with Gasteiger partial charge in [-0.1, -0.05) is 6.07 Å². The van der Waals surface area contributed by atoms with Crippen molar-refractivity contribution < 1.29 is 32.2 Å². The number of aromatic nitrogens is 1. The van der Waals surface area contributed by atoms with Gasteiger partial charge in [0.1, 0.15) is 0 Å². The van der Waals surface area contributed by atoms with Crippen molar-refractivity contribution in [2.24, 2.45) is 5.92 Å². The van der Waals surface area contributed by atoms with Crippen LogP contribution in [0, 0.1) is 5.92 Å². The Balaban J connectivity index is 1.30. The third-order valence-electron chi connectivity index (χ3n) is 8.95. The van der Waals surface area contributed by atoms with Gasteiger partial charge in [-0.25, -0.2) is 0 Å². The number of fused-ring (bicyclic) bond motifs is 1. The molecule has 0 aliphatic carbocycles. The number of nitrogens with zero attached hydrogens (tertiary/aromatic N) is 3. The number of amides is 2. The highest BCUT2D eigenvalue weighted by atomic mass is 19.4. The molecule has 5 rings (SSSR count). The number of rotatable bonds is 8. The summed E-state index contributed by atoms with van der Waals surface area (Å²) in [5, 5.41) is 0.551. The molecule has 1 atom stereocenters. The van der Waals surface area contributed by atoms with E-state index in [1.807, 2.05) is 23.1 Å². The fourth-order valence-electron chi connectivity index (χ4n) is 6.66. The number of H-pyrrole nitrogens is 1.